The molecule has 1 fully saturated rings. The van der Waals surface area contributed by atoms with Gasteiger partial charge in [0.25, 0.3) is 0 Å². The minimum absolute atomic E-state index is 0.0332. The van der Waals surface area contributed by atoms with Gasteiger partial charge in [-0.1, -0.05) is 0 Å². The molecule has 0 heterocycles. The van der Waals surface area contributed by atoms with Crippen molar-refractivity contribution >= 4 is 17.8 Å². The van der Waals surface area contributed by atoms with E-state index in [1.807, 2.05) is 0 Å². The molecule has 5 N–H and O–H groups in total. The molecule has 0 aromatic heterocycles. The number of carbonyl (C=O) groups excluding carboxylic acids is 2. The van der Waals surface area contributed by atoms with Crippen LogP contribution in [0.15, 0.2) is 0 Å². The maximum atomic E-state index is 11.5. The minimum atomic E-state index is -1.25. The summed E-state index contributed by atoms with van der Waals surface area (Å²) in [6.07, 6.45) is 1.58. The third-order valence-electron chi connectivity index (χ3n) is 2.87. The van der Waals surface area contributed by atoms with Gasteiger partial charge in [-0.15, -0.1) is 0 Å². The molecule has 1 rings (SSSR count). The zero-order valence-electron chi connectivity index (χ0n) is 9.66. The second-order valence-electron chi connectivity index (χ2n) is 4.31. The lowest BCUT2D eigenvalue weighted by molar-refractivity contribution is -0.147. The highest BCUT2D eigenvalue weighted by molar-refractivity contribution is 5.90. The second-order valence-corrected chi connectivity index (χ2v) is 4.31. The van der Waals surface area contributed by atoms with Gasteiger partial charge in [0, 0.05) is 0 Å². The van der Waals surface area contributed by atoms with Crippen LogP contribution in [0.3, 0.4) is 0 Å². The van der Waals surface area contributed by atoms with Gasteiger partial charge in [-0.25, -0.2) is 4.79 Å². The molecule has 0 spiro atoms. The second kappa shape index (κ2) is 5.13. The Hall–Kier alpha value is -1.63. The Labute approximate surface area is 98.7 Å². The quantitative estimate of drug-likeness (QED) is 0.449. The van der Waals surface area contributed by atoms with Crippen LogP contribution in [0.2, 0.25) is 0 Å². The summed E-state index contributed by atoms with van der Waals surface area (Å²) in [4.78, 5) is 33.4. The summed E-state index contributed by atoms with van der Waals surface area (Å²) in [5.41, 5.74) is 3.81. The molecule has 7 heteroatoms. The van der Waals surface area contributed by atoms with Crippen LogP contribution in [0.5, 0.6) is 0 Å². The molecular formula is C10H17N3O4. The summed E-state index contributed by atoms with van der Waals surface area (Å²) < 4.78 is 0. The average molecular weight is 243 g/mol. The maximum Gasteiger partial charge on any atom is 0.329 e. The number of hydrogen-bond donors (Lipinski definition) is 4. The fraction of sp³-hybridized carbons (Fsp3) is 0.700. The zero-order chi connectivity index (χ0) is 13.1. The van der Waals surface area contributed by atoms with Gasteiger partial charge < -0.3 is 21.5 Å². The van der Waals surface area contributed by atoms with E-state index >= 15 is 0 Å². The lowest BCUT2D eigenvalue weighted by Crippen LogP contribution is -2.56. The van der Waals surface area contributed by atoms with Crippen molar-refractivity contribution in [3.8, 4) is 0 Å². The Morgan fingerprint density at radius 3 is 2.35 bits per heavy atom. The van der Waals surface area contributed by atoms with Crippen molar-refractivity contribution in [3.05, 3.63) is 0 Å². The molecule has 0 saturated heterocycles. The fourth-order valence-corrected chi connectivity index (χ4v) is 1.58. The summed E-state index contributed by atoms with van der Waals surface area (Å²) >= 11 is 0. The molecule has 1 atom stereocenters. The van der Waals surface area contributed by atoms with E-state index in [1.54, 1.807) is 0 Å². The summed E-state index contributed by atoms with van der Waals surface area (Å²) in [6, 6.07) is 0. The molecule has 1 unspecified atom stereocenters. The smallest absolute Gasteiger partial charge is 0.329 e. The van der Waals surface area contributed by atoms with Crippen LogP contribution < -0.4 is 16.4 Å². The molecule has 1 aliphatic carbocycles. The molecule has 0 radical (unpaired) electrons. The third-order valence-corrected chi connectivity index (χ3v) is 2.87. The Morgan fingerprint density at radius 1 is 1.35 bits per heavy atom. The van der Waals surface area contributed by atoms with Crippen LogP contribution in [-0.2, 0) is 14.4 Å². The van der Waals surface area contributed by atoms with Crippen molar-refractivity contribution in [1.29, 1.82) is 0 Å². The van der Waals surface area contributed by atoms with Crippen LogP contribution in [0, 0.1) is 5.92 Å². The van der Waals surface area contributed by atoms with Gasteiger partial charge in [-0.05, 0) is 25.7 Å². The van der Waals surface area contributed by atoms with E-state index in [0.717, 1.165) is 12.8 Å². The van der Waals surface area contributed by atoms with Crippen molar-refractivity contribution in [2.45, 2.75) is 25.3 Å². The van der Waals surface area contributed by atoms with Crippen LogP contribution in [-0.4, -0.2) is 41.5 Å². The van der Waals surface area contributed by atoms with E-state index in [9.17, 15) is 14.4 Å². The highest BCUT2D eigenvalue weighted by Crippen LogP contribution is 2.39. The van der Waals surface area contributed by atoms with Gasteiger partial charge in [-0.2, -0.15) is 0 Å². The van der Waals surface area contributed by atoms with Crippen LogP contribution in [0.4, 0.5) is 0 Å². The lowest BCUT2D eigenvalue weighted by atomic mass is 9.96. The fourth-order valence-electron chi connectivity index (χ4n) is 1.58. The monoisotopic (exact) mass is 243 g/mol. The first-order valence-corrected chi connectivity index (χ1v) is 5.41. The first-order chi connectivity index (χ1) is 7.90. The van der Waals surface area contributed by atoms with E-state index in [4.69, 9.17) is 10.8 Å². The van der Waals surface area contributed by atoms with Crippen molar-refractivity contribution in [3.63, 3.8) is 0 Å². The third kappa shape index (κ3) is 3.42. The number of carboxylic acid groups (broad SMARTS) is 1. The number of aliphatic carboxylic acids is 1. The van der Waals surface area contributed by atoms with Gasteiger partial charge in [0.15, 0.2) is 0 Å². The number of amides is 2. The number of nitrogens with one attached hydrogen (secondary N) is 2. The number of nitrogens with two attached hydrogens (primary N) is 1. The summed E-state index contributed by atoms with van der Waals surface area (Å²) in [5.74, 6) is -2.07. The SMILES string of the molecule is CC(NC(=O)CNC(=O)CN)(C(=O)O)C1CC1. The summed E-state index contributed by atoms with van der Waals surface area (Å²) in [6.45, 7) is 1.02. The topological polar surface area (TPSA) is 122 Å². The number of carbonyl (C=O) groups is 3. The highest BCUT2D eigenvalue weighted by Gasteiger charge is 2.48. The van der Waals surface area contributed by atoms with E-state index < -0.39 is 23.3 Å². The molecule has 96 valence electrons. The Kier molecular flexibility index (Phi) is 4.06. The van der Waals surface area contributed by atoms with Crippen molar-refractivity contribution in [2.75, 3.05) is 13.1 Å². The predicted molar refractivity (Wildman–Crippen MR) is 59.0 cm³/mol. The Bertz CT molecular complexity index is 340. The molecule has 0 bridgehead atoms. The number of carboxylic acids is 1. The molecule has 2 amide bonds. The highest BCUT2D eigenvalue weighted by atomic mass is 16.4. The van der Waals surface area contributed by atoms with Crippen LogP contribution in [0.25, 0.3) is 0 Å². The summed E-state index contributed by atoms with van der Waals surface area (Å²) in [7, 11) is 0. The molecule has 1 saturated carbocycles. The Morgan fingerprint density at radius 2 is 1.94 bits per heavy atom. The van der Waals surface area contributed by atoms with Crippen molar-refractivity contribution < 1.29 is 19.5 Å². The largest absolute Gasteiger partial charge is 0.480 e. The first-order valence-electron chi connectivity index (χ1n) is 5.41. The van der Waals surface area contributed by atoms with Gasteiger partial charge in [0.2, 0.25) is 11.8 Å². The molecule has 7 nitrogen and oxygen atoms in total. The van der Waals surface area contributed by atoms with Crippen molar-refractivity contribution in [1.82, 2.24) is 10.6 Å². The van der Waals surface area contributed by atoms with Crippen molar-refractivity contribution in [2.24, 2.45) is 11.7 Å². The number of hydrogen-bond acceptors (Lipinski definition) is 4. The van der Waals surface area contributed by atoms with E-state index in [0.29, 0.717) is 0 Å². The van der Waals surface area contributed by atoms with E-state index in [-0.39, 0.29) is 19.0 Å². The zero-order valence-corrected chi connectivity index (χ0v) is 9.66. The lowest BCUT2D eigenvalue weighted by Gasteiger charge is -2.26. The first kappa shape index (κ1) is 13.4. The van der Waals surface area contributed by atoms with Gasteiger partial charge in [-0.3, -0.25) is 9.59 Å². The van der Waals surface area contributed by atoms with Gasteiger partial charge >= 0.3 is 5.97 Å². The molecule has 0 aliphatic heterocycles. The average Bonchev–Trinajstić information content (AvgIpc) is 3.09. The van der Waals surface area contributed by atoms with Gasteiger partial charge in [0.05, 0.1) is 13.1 Å². The molecule has 0 aromatic carbocycles. The maximum absolute atomic E-state index is 11.5. The Balaban J connectivity index is 2.48. The van der Waals surface area contributed by atoms with Gasteiger partial charge in [0.1, 0.15) is 5.54 Å². The van der Waals surface area contributed by atoms with Crippen LogP contribution >= 0.6 is 0 Å². The molecule has 1 aliphatic rings. The minimum Gasteiger partial charge on any atom is -0.480 e. The van der Waals surface area contributed by atoms with Crippen LogP contribution in [0.1, 0.15) is 19.8 Å². The molecule has 0 aromatic rings. The summed E-state index contributed by atoms with van der Waals surface area (Å²) in [5, 5.41) is 13.8. The van der Waals surface area contributed by atoms with E-state index in [1.165, 1.54) is 6.92 Å². The standard InChI is InChI=1S/C10H17N3O4/c1-10(9(16)17,6-2-3-6)13-8(15)5-12-7(14)4-11/h6H,2-5,11H2,1H3,(H,12,14)(H,13,15)(H,16,17). The molecule has 17 heavy (non-hydrogen) atoms. The molecular weight excluding hydrogens is 226 g/mol. The normalized spacial score (nSPS) is 18.0. The number of rotatable bonds is 6. The predicted octanol–water partition coefficient (Wildman–Crippen LogP) is -1.57. The van der Waals surface area contributed by atoms with E-state index in [2.05, 4.69) is 10.6 Å².